The van der Waals surface area contributed by atoms with E-state index in [0.717, 1.165) is 0 Å². The van der Waals surface area contributed by atoms with E-state index in [2.05, 4.69) is 29.9 Å². The number of nitrogens with two attached hydrogens (primary N) is 2. The molecule has 19 nitrogen and oxygen atoms in total. The number of hydrogen-bond donors (Lipinski definition) is 6. The van der Waals surface area contributed by atoms with E-state index in [4.69, 9.17) is 46.2 Å². The highest BCUT2D eigenvalue weighted by Gasteiger charge is 2.54. The molecule has 0 spiro atoms. The molecule has 5 unspecified atom stereocenters. The van der Waals surface area contributed by atoms with Crippen molar-refractivity contribution in [2.45, 2.75) is 88.1 Å². The average Bonchev–Trinajstić information content (AvgIpc) is 3.77. The summed E-state index contributed by atoms with van der Waals surface area (Å²) in [5.74, 6) is -0.101. The number of nitrogen functional groups attached to an aromatic ring is 2. The fourth-order valence-electron chi connectivity index (χ4n) is 5.45. The minimum Gasteiger partial charge on any atom is -0.408 e. The average molecular weight is 745 g/mol. The maximum atomic E-state index is 15.4. The molecule has 6 heterocycles. The largest absolute Gasteiger partial charge is 0.408 e. The lowest BCUT2D eigenvalue weighted by atomic mass is 10.1. The molecule has 0 aromatic carbocycles. The highest BCUT2D eigenvalue weighted by atomic mass is 32.5. The number of aromatic nitrogens is 8. The van der Waals surface area contributed by atoms with Crippen LogP contribution < -0.4 is 17.0 Å². The van der Waals surface area contributed by atoms with Gasteiger partial charge in [-0.2, -0.15) is 4.98 Å². The van der Waals surface area contributed by atoms with E-state index in [1.54, 1.807) is 0 Å². The second kappa shape index (κ2) is 12.9. The maximum absolute atomic E-state index is 15.4. The number of rotatable bonds is 10. The highest BCUT2D eigenvalue weighted by Crippen LogP contribution is 2.52. The fourth-order valence-corrected chi connectivity index (χ4v) is 8.18. The molecule has 4 aromatic heterocycles. The summed E-state index contributed by atoms with van der Waals surface area (Å²) in [5, 5.41) is 20.8. The van der Waals surface area contributed by atoms with Gasteiger partial charge in [-0.1, -0.05) is 20.8 Å². The standard InChI is InChI=1S/C26H38FN10O9PSSi/c1-26(2,3)49(4,5)46-17-11(6-38)43-24(37-10-33-15-21(37)34-25(29)35-22(15)40)18(17)45-47(41,48)42-7-12-16(39)13(27)23(44-12)36-9-32-14-19(28)30-8-31-20(14)36/h8-13,16-18,23-24,38-39H,6-7H2,1-5H3,(H,41,48)(H2,28,30,31)(H3,29,34,35,40)/t11-,12-,13?,16?,17?,18?,23-,24-,47?/m1/s1. The number of hydrogen-bond acceptors (Lipinski definition) is 16. The molecule has 2 saturated heterocycles. The molecule has 49 heavy (non-hydrogen) atoms. The normalized spacial score (nSPS) is 29.2. The quantitative estimate of drug-likeness (QED) is 0.0960. The molecule has 0 saturated carbocycles. The van der Waals surface area contributed by atoms with Crippen LogP contribution in [0.1, 0.15) is 33.2 Å². The molecule has 268 valence electrons. The second-order valence-electron chi connectivity index (χ2n) is 13.3. The predicted molar refractivity (Wildman–Crippen MR) is 178 cm³/mol. The summed E-state index contributed by atoms with van der Waals surface area (Å²) in [5.41, 5.74) is 11.5. The fraction of sp³-hybridized carbons (Fsp3) is 0.615. The number of aliphatic hydroxyl groups excluding tert-OH is 2. The highest BCUT2D eigenvalue weighted by molar-refractivity contribution is 8.07. The first kappa shape index (κ1) is 35.8. The number of nitrogens with zero attached hydrogens (tertiary/aromatic N) is 7. The Morgan fingerprint density at radius 1 is 1.06 bits per heavy atom. The van der Waals surface area contributed by atoms with Crippen LogP contribution in [0.4, 0.5) is 16.2 Å². The number of halogens is 1. The van der Waals surface area contributed by atoms with Gasteiger partial charge >= 0.3 is 6.72 Å². The summed E-state index contributed by atoms with van der Waals surface area (Å²) in [6, 6.07) is 0. The van der Waals surface area contributed by atoms with Gasteiger partial charge in [-0.25, -0.2) is 24.3 Å². The van der Waals surface area contributed by atoms with E-state index in [0.29, 0.717) is 0 Å². The molecule has 2 aliphatic heterocycles. The Morgan fingerprint density at radius 2 is 1.71 bits per heavy atom. The third kappa shape index (κ3) is 6.63. The lowest BCUT2D eigenvalue weighted by Gasteiger charge is -2.40. The van der Waals surface area contributed by atoms with Gasteiger partial charge in [0.2, 0.25) is 5.95 Å². The molecule has 8 N–H and O–H groups in total. The minimum atomic E-state index is -4.27. The van der Waals surface area contributed by atoms with E-state index in [-0.39, 0.29) is 39.1 Å². The summed E-state index contributed by atoms with van der Waals surface area (Å²) >= 11 is 5.40. The van der Waals surface area contributed by atoms with Crippen LogP contribution in [0.3, 0.4) is 0 Å². The third-order valence-corrected chi connectivity index (χ3v) is 15.1. The molecule has 0 bridgehead atoms. The van der Waals surface area contributed by atoms with Crippen molar-refractivity contribution in [1.82, 2.24) is 39.0 Å². The molecule has 0 radical (unpaired) electrons. The van der Waals surface area contributed by atoms with E-state index in [1.807, 2.05) is 33.9 Å². The van der Waals surface area contributed by atoms with Crippen LogP contribution in [0.25, 0.3) is 22.3 Å². The minimum absolute atomic E-state index is 0.0400. The Kier molecular flexibility index (Phi) is 9.45. The van der Waals surface area contributed by atoms with Crippen molar-refractivity contribution in [2.75, 3.05) is 24.7 Å². The van der Waals surface area contributed by atoms with Gasteiger partial charge in [-0.15, -0.1) is 0 Å². The molecule has 0 amide bonds. The van der Waals surface area contributed by atoms with Crippen LogP contribution in [0.15, 0.2) is 23.8 Å². The number of H-pyrrole nitrogens is 1. The third-order valence-electron chi connectivity index (χ3n) is 9.04. The Hall–Kier alpha value is -3.02. The summed E-state index contributed by atoms with van der Waals surface area (Å²) < 4.78 is 48.4. The van der Waals surface area contributed by atoms with Gasteiger partial charge in [0.1, 0.15) is 42.4 Å². The van der Waals surface area contributed by atoms with Crippen molar-refractivity contribution in [2.24, 2.45) is 0 Å². The van der Waals surface area contributed by atoms with Gasteiger partial charge in [-0.05, 0) is 29.9 Å². The first-order valence-electron chi connectivity index (χ1n) is 15.1. The number of imidazole rings is 2. The zero-order valence-corrected chi connectivity index (χ0v) is 29.8. The van der Waals surface area contributed by atoms with Crippen LogP contribution in [0.5, 0.6) is 0 Å². The van der Waals surface area contributed by atoms with Crippen molar-refractivity contribution in [3.05, 3.63) is 29.3 Å². The Balaban J connectivity index is 1.27. The lowest BCUT2D eigenvalue weighted by Crippen LogP contribution is -2.50. The number of alkyl halides is 1. The summed E-state index contributed by atoms with van der Waals surface area (Å²) in [6.07, 6.45) is -7.00. The molecule has 0 aliphatic carbocycles. The van der Waals surface area contributed by atoms with Crippen molar-refractivity contribution in [3.8, 4) is 0 Å². The maximum Gasteiger partial charge on any atom is 0.325 e. The Morgan fingerprint density at radius 3 is 2.39 bits per heavy atom. The topological polar surface area (TPSA) is 266 Å². The first-order valence-corrected chi connectivity index (χ1v) is 20.6. The zero-order chi connectivity index (χ0) is 35.6. The van der Waals surface area contributed by atoms with Crippen LogP contribution in [-0.2, 0) is 34.8 Å². The molecular weight excluding hydrogens is 706 g/mol. The molecule has 4 aromatic rings. The predicted octanol–water partition coefficient (Wildman–Crippen LogP) is 0.619. The van der Waals surface area contributed by atoms with E-state index < -0.39 is 83.0 Å². The van der Waals surface area contributed by atoms with Gasteiger partial charge in [0.05, 0.1) is 25.9 Å². The number of fused-ring (bicyclic) bond motifs is 2. The molecule has 6 rings (SSSR count). The molecule has 2 aliphatic rings. The lowest BCUT2D eigenvalue weighted by molar-refractivity contribution is -0.0554. The van der Waals surface area contributed by atoms with E-state index in [1.165, 1.54) is 28.1 Å². The van der Waals surface area contributed by atoms with Crippen molar-refractivity contribution in [3.63, 3.8) is 0 Å². The smallest absolute Gasteiger partial charge is 0.325 e. The van der Waals surface area contributed by atoms with E-state index in [9.17, 15) is 19.9 Å². The molecule has 9 atom stereocenters. The zero-order valence-electron chi connectivity index (χ0n) is 27.1. The first-order chi connectivity index (χ1) is 22.9. The van der Waals surface area contributed by atoms with Crippen LogP contribution in [-0.4, -0.2) is 112 Å². The molecular formula is C26H38FN10O9PSSi. The Labute approximate surface area is 284 Å². The van der Waals surface area contributed by atoms with Gasteiger partial charge in [-0.3, -0.25) is 23.4 Å². The monoisotopic (exact) mass is 744 g/mol. The van der Waals surface area contributed by atoms with Crippen molar-refractivity contribution >= 4 is 60.9 Å². The van der Waals surface area contributed by atoms with Crippen LogP contribution in [0, 0.1) is 0 Å². The van der Waals surface area contributed by atoms with Gasteiger partial charge in [0, 0.05) is 0 Å². The van der Waals surface area contributed by atoms with Crippen molar-refractivity contribution in [1.29, 1.82) is 0 Å². The van der Waals surface area contributed by atoms with Gasteiger partial charge < -0.3 is 45.0 Å². The summed E-state index contributed by atoms with van der Waals surface area (Å²) in [4.78, 5) is 46.7. The second-order valence-corrected chi connectivity index (χ2v) is 20.8. The number of aromatic amines is 1. The van der Waals surface area contributed by atoms with Gasteiger partial charge in [0.15, 0.2) is 49.6 Å². The SMILES string of the molecule is CC(C)(C)[Si](C)(C)OC1C(OP(O)(=S)OC[C@H]2O[C@@H](n3cnc4c(N)ncnc43)C(F)C2O)[C@H](n2cnc3c(=O)[nH]c(N)nc32)O[C@@H]1CO. The number of aliphatic hydroxyl groups is 2. The number of anilines is 2. The number of ether oxygens (including phenoxy) is 2. The summed E-state index contributed by atoms with van der Waals surface area (Å²) in [6.45, 7) is 4.67. The Bertz CT molecular complexity index is 1960. The van der Waals surface area contributed by atoms with Crippen LogP contribution >= 0.6 is 6.72 Å². The van der Waals surface area contributed by atoms with Gasteiger partial charge in [0.25, 0.3) is 5.56 Å². The van der Waals surface area contributed by atoms with Crippen molar-refractivity contribution < 1.29 is 42.4 Å². The van der Waals surface area contributed by atoms with E-state index >= 15 is 4.39 Å². The van der Waals surface area contributed by atoms with Crippen LogP contribution in [0.2, 0.25) is 18.1 Å². The number of nitrogens with one attached hydrogen (secondary N) is 1. The molecule has 2 fully saturated rings. The molecule has 23 heteroatoms. The summed E-state index contributed by atoms with van der Waals surface area (Å²) in [7, 11) is -2.59.